The molecule has 1 aromatic carbocycles. The second kappa shape index (κ2) is 8.66. The number of nitriles is 1. The molecule has 0 aliphatic heterocycles. The molecule has 0 N–H and O–H groups in total. The minimum absolute atomic E-state index is 0.219. The Morgan fingerprint density at radius 3 is 2.20 bits per heavy atom. The van der Waals surface area contributed by atoms with E-state index < -0.39 is 29.2 Å². The van der Waals surface area contributed by atoms with Crippen molar-refractivity contribution in [1.82, 2.24) is 0 Å². The van der Waals surface area contributed by atoms with E-state index in [0.29, 0.717) is 12.8 Å². The molecule has 2 unspecified atom stereocenters. The molecular weight excluding hydrogens is 318 g/mol. The third-order valence-electron chi connectivity index (χ3n) is 5.28. The molecule has 0 radical (unpaired) electrons. The Morgan fingerprint density at radius 2 is 1.68 bits per heavy atom. The predicted octanol–water partition coefficient (Wildman–Crippen LogP) is 3.60. The lowest BCUT2D eigenvalue weighted by Crippen LogP contribution is -2.39. The first-order chi connectivity index (χ1) is 12.1. The zero-order chi connectivity index (χ0) is 18.3. The van der Waals surface area contributed by atoms with Crippen molar-refractivity contribution in [3.8, 4) is 6.07 Å². The zero-order valence-corrected chi connectivity index (χ0v) is 14.9. The van der Waals surface area contributed by atoms with Gasteiger partial charge in [0.05, 0.1) is 37.5 Å². The first kappa shape index (κ1) is 19.0. The smallest absolute Gasteiger partial charge is 0.313 e. The highest BCUT2D eigenvalue weighted by Crippen LogP contribution is 2.46. The number of ether oxygens (including phenoxy) is 2. The van der Waals surface area contributed by atoms with Gasteiger partial charge in [-0.05, 0) is 24.8 Å². The highest BCUT2D eigenvalue weighted by molar-refractivity contribution is 5.80. The molecule has 5 nitrogen and oxygen atoms in total. The van der Waals surface area contributed by atoms with Gasteiger partial charge < -0.3 is 9.47 Å². The summed E-state index contributed by atoms with van der Waals surface area (Å²) in [5, 5.41) is 9.86. The first-order valence-corrected chi connectivity index (χ1v) is 8.70. The van der Waals surface area contributed by atoms with Crippen molar-refractivity contribution in [3.05, 3.63) is 35.9 Å². The van der Waals surface area contributed by atoms with E-state index in [-0.39, 0.29) is 6.42 Å². The van der Waals surface area contributed by atoms with Crippen LogP contribution in [0.15, 0.2) is 30.3 Å². The number of hydrogen-bond donors (Lipinski definition) is 0. The lowest BCUT2D eigenvalue weighted by Gasteiger charge is -2.37. The van der Waals surface area contributed by atoms with Crippen LogP contribution in [0.1, 0.15) is 50.0 Å². The molecule has 0 aromatic heterocycles. The van der Waals surface area contributed by atoms with Crippen LogP contribution in [-0.4, -0.2) is 26.2 Å². The fourth-order valence-corrected chi connectivity index (χ4v) is 3.84. The Labute approximate surface area is 148 Å². The van der Waals surface area contributed by atoms with Gasteiger partial charge in [-0.1, -0.05) is 49.6 Å². The van der Waals surface area contributed by atoms with Gasteiger partial charge in [0.15, 0.2) is 0 Å². The monoisotopic (exact) mass is 343 g/mol. The number of methoxy groups -OCH3 is 2. The average molecular weight is 343 g/mol. The van der Waals surface area contributed by atoms with E-state index in [1.165, 1.54) is 14.2 Å². The lowest BCUT2D eigenvalue weighted by molar-refractivity contribution is -0.152. The zero-order valence-electron chi connectivity index (χ0n) is 14.9. The average Bonchev–Trinajstić information content (AvgIpc) is 2.68. The number of carbonyl (C=O) groups excluding carboxylic acids is 2. The molecule has 0 amide bonds. The molecule has 0 heterocycles. The minimum atomic E-state index is -0.771. The summed E-state index contributed by atoms with van der Waals surface area (Å²) in [6.45, 7) is 0. The molecule has 134 valence electrons. The maximum absolute atomic E-state index is 12.5. The van der Waals surface area contributed by atoms with Gasteiger partial charge in [-0.3, -0.25) is 9.59 Å². The van der Waals surface area contributed by atoms with Gasteiger partial charge in [-0.2, -0.15) is 5.26 Å². The van der Waals surface area contributed by atoms with Crippen LogP contribution in [0.4, 0.5) is 0 Å². The minimum Gasteiger partial charge on any atom is -0.469 e. The number of benzene rings is 1. The normalized spacial score (nSPS) is 18.4. The number of nitrogens with zero attached hydrogens (tertiary/aromatic N) is 1. The van der Waals surface area contributed by atoms with Crippen molar-refractivity contribution >= 4 is 11.9 Å². The first-order valence-electron chi connectivity index (χ1n) is 8.70. The number of hydrogen-bond acceptors (Lipinski definition) is 5. The summed E-state index contributed by atoms with van der Waals surface area (Å²) in [6.07, 6.45) is 4.43. The van der Waals surface area contributed by atoms with E-state index in [2.05, 4.69) is 6.07 Å². The summed E-state index contributed by atoms with van der Waals surface area (Å²) in [5.74, 6) is -2.06. The summed E-state index contributed by atoms with van der Waals surface area (Å²) in [5.41, 5.74) is 0.0130. The molecule has 5 heteroatoms. The fraction of sp³-hybridized carbons (Fsp3) is 0.550. The van der Waals surface area contributed by atoms with Crippen LogP contribution >= 0.6 is 0 Å². The van der Waals surface area contributed by atoms with E-state index in [0.717, 1.165) is 24.8 Å². The Bertz CT molecular complexity index is 629. The molecule has 1 aromatic rings. The van der Waals surface area contributed by atoms with Crippen molar-refractivity contribution < 1.29 is 19.1 Å². The second-order valence-corrected chi connectivity index (χ2v) is 6.63. The molecule has 25 heavy (non-hydrogen) atoms. The molecule has 0 saturated heterocycles. The Hall–Kier alpha value is -2.35. The van der Waals surface area contributed by atoms with E-state index >= 15 is 0 Å². The molecule has 1 aliphatic rings. The second-order valence-electron chi connectivity index (χ2n) is 6.63. The summed E-state index contributed by atoms with van der Waals surface area (Å²) >= 11 is 0. The number of rotatable bonds is 6. The van der Waals surface area contributed by atoms with E-state index in [9.17, 15) is 14.9 Å². The van der Waals surface area contributed by atoms with Crippen molar-refractivity contribution in [2.45, 2.75) is 44.4 Å². The van der Waals surface area contributed by atoms with Crippen molar-refractivity contribution in [2.24, 2.45) is 11.3 Å². The van der Waals surface area contributed by atoms with Gasteiger partial charge >= 0.3 is 11.9 Å². The van der Waals surface area contributed by atoms with Crippen LogP contribution in [-0.2, 0) is 19.1 Å². The Morgan fingerprint density at radius 1 is 1.08 bits per heavy atom. The highest BCUT2D eigenvalue weighted by atomic mass is 16.5. The molecule has 1 fully saturated rings. The quantitative estimate of drug-likeness (QED) is 0.738. The largest absolute Gasteiger partial charge is 0.469 e. The SMILES string of the molecule is COC(=O)C(CC(C(=O)OC)C1(C#N)CCCCC1)c1ccccc1. The summed E-state index contributed by atoms with van der Waals surface area (Å²) in [6, 6.07) is 11.6. The maximum Gasteiger partial charge on any atom is 0.313 e. The third kappa shape index (κ3) is 4.19. The lowest BCUT2D eigenvalue weighted by atomic mass is 9.64. The molecule has 0 bridgehead atoms. The Balaban J connectivity index is 2.38. The molecule has 1 aliphatic carbocycles. The number of esters is 2. The van der Waals surface area contributed by atoms with Crippen molar-refractivity contribution in [1.29, 1.82) is 5.26 Å². The maximum atomic E-state index is 12.5. The molecule has 1 saturated carbocycles. The van der Waals surface area contributed by atoms with Crippen LogP contribution < -0.4 is 0 Å². The summed E-state index contributed by atoms with van der Waals surface area (Å²) in [4.78, 5) is 24.9. The van der Waals surface area contributed by atoms with Gasteiger partial charge in [0.2, 0.25) is 0 Å². The molecule has 2 atom stereocenters. The summed E-state index contributed by atoms with van der Waals surface area (Å²) < 4.78 is 9.96. The van der Waals surface area contributed by atoms with Crippen LogP contribution in [0.5, 0.6) is 0 Å². The predicted molar refractivity (Wildman–Crippen MR) is 92.5 cm³/mol. The van der Waals surface area contributed by atoms with E-state index in [4.69, 9.17) is 9.47 Å². The Kier molecular flexibility index (Phi) is 6.58. The van der Waals surface area contributed by atoms with Gasteiger partial charge in [0, 0.05) is 0 Å². The van der Waals surface area contributed by atoms with E-state index in [1.54, 1.807) is 0 Å². The van der Waals surface area contributed by atoms with Gasteiger partial charge in [0.25, 0.3) is 0 Å². The topological polar surface area (TPSA) is 76.4 Å². The van der Waals surface area contributed by atoms with Crippen molar-refractivity contribution in [2.75, 3.05) is 14.2 Å². The highest BCUT2D eigenvalue weighted by Gasteiger charge is 2.46. The molecule has 2 rings (SSSR count). The van der Waals surface area contributed by atoms with Crippen molar-refractivity contribution in [3.63, 3.8) is 0 Å². The van der Waals surface area contributed by atoms with Gasteiger partial charge in [-0.25, -0.2) is 0 Å². The van der Waals surface area contributed by atoms with Crippen LogP contribution in [0.2, 0.25) is 0 Å². The molecular formula is C20H25NO4. The summed E-state index contributed by atoms with van der Waals surface area (Å²) in [7, 11) is 2.67. The van der Waals surface area contributed by atoms with Crippen LogP contribution in [0.25, 0.3) is 0 Å². The van der Waals surface area contributed by atoms with Gasteiger partial charge in [-0.15, -0.1) is 0 Å². The van der Waals surface area contributed by atoms with E-state index in [1.807, 2.05) is 30.3 Å². The molecule has 0 spiro atoms. The standard InChI is InChI=1S/C20H25NO4/c1-24-18(22)16(15-9-5-3-6-10-15)13-17(19(23)25-2)20(14-21)11-7-4-8-12-20/h3,5-6,9-10,16-17H,4,7-8,11-13H2,1-2H3. The van der Waals surface area contributed by atoms with Crippen LogP contribution in [0.3, 0.4) is 0 Å². The van der Waals surface area contributed by atoms with Crippen LogP contribution in [0, 0.1) is 22.7 Å². The van der Waals surface area contributed by atoms with Gasteiger partial charge in [0.1, 0.15) is 0 Å². The third-order valence-corrected chi connectivity index (χ3v) is 5.28. The number of carbonyl (C=O) groups is 2. The fourth-order valence-electron chi connectivity index (χ4n) is 3.84.